The zero-order valence-corrected chi connectivity index (χ0v) is 24.0. The lowest BCUT2D eigenvalue weighted by molar-refractivity contribution is -0.153. The third-order valence-corrected chi connectivity index (χ3v) is 8.29. The summed E-state index contributed by atoms with van der Waals surface area (Å²) < 4.78 is 15.1. The molecule has 4 atom stereocenters. The third-order valence-electron chi connectivity index (χ3n) is 8.29. The van der Waals surface area contributed by atoms with Crippen molar-refractivity contribution >= 4 is 18.0 Å². The van der Waals surface area contributed by atoms with Gasteiger partial charge in [0.1, 0.15) is 6.61 Å². The van der Waals surface area contributed by atoms with E-state index in [1.165, 1.54) is 19.8 Å². The molecule has 0 radical (unpaired) electrons. The van der Waals surface area contributed by atoms with E-state index in [4.69, 9.17) is 14.2 Å². The van der Waals surface area contributed by atoms with Gasteiger partial charge in [0.25, 0.3) is 0 Å². The van der Waals surface area contributed by atoms with Crippen molar-refractivity contribution in [3.63, 3.8) is 0 Å². The summed E-state index contributed by atoms with van der Waals surface area (Å²) in [7, 11) is 2.84. The largest absolute Gasteiger partial charge is 0.469 e. The molecule has 2 fully saturated rings. The molecule has 2 heterocycles. The summed E-state index contributed by atoms with van der Waals surface area (Å²) in [5.41, 5.74) is 1.19. The molecule has 1 amide bonds. The Morgan fingerprint density at radius 1 is 0.769 bits per heavy atom. The monoisotopic (exact) mass is 538 g/mol. The molecule has 212 valence electrons. The van der Waals surface area contributed by atoms with E-state index in [0.717, 1.165) is 25.2 Å². The molecule has 0 spiro atoms. The van der Waals surface area contributed by atoms with Gasteiger partial charge in [-0.3, -0.25) is 14.5 Å². The van der Waals surface area contributed by atoms with Gasteiger partial charge in [0, 0.05) is 32.7 Å². The molecule has 0 unspecified atom stereocenters. The van der Waals surface area contributed by atoms with Crippen LogP contribution in [-0.2, 0) is 37.0 Å². The van der Waals surface area contributed by atoms with E-state index in [2.05, 4.69) is 24.0 Å². The summed E-state index contributed by atoms with van der Waals surface area (Å²) in [6.45, 7) is 11.6. The Morgan fingerprint density at radius 3 is 1.79 bits per heavy atom. The number of esters is 2. The van der Waals surface area contributed by atoms with E-state index in [0.29, 0.717) is 19.0 Å². The lowest BCUT2D eigenvalue weighted by Crippen LogP contribution is -2.37. The van der Waals surface area contributed by atoms with Gasteiger partial charge in [-0.2, -0.15) is 0 Å². The number of rotatable bonds is 6. The summed E-state index contributed by atoms with van der Waals surface area (Å²) in [6, 6.07) is 19.9. The van der Waals surface area contributed by atoms with Crippen LogP contribution in [0.2, 0.25) is 0 Å². The maximum atomic E-state index is 12.1. The van der Waals surface area contributed by atoms with Crippen LogP contribution in [0.5, 0.6) is 0 Å². The van der Waals surface area contributed by atoms with Crippen molar-refractivity contribution in [2.24, 2.45) is 22.7 Å². The molecule has 8 nitrogen and oxygen atoms in total. The first-order valence-electron chi connectivity index (χ1n) is 13.4. The number of benzene rings is 2. The van der Waals surface area contributed by atoms with E-state index < -0.39 is 11.5 Å². The molecule has 0 saturated carbocycles. The van der Waals surface area contributed by atoms with Gasteiger partial charge in [-0.05, 0) is 36.8 Å². The van der Waals surface area contributed by atoms with Gasteiger partial charge in [0.05, 0.1) is 25.0 Å². The van der Waals surface area contributed by atoms with Crippen LogP contribution in [0.15, 0.2) is 60.7 Å². The number of nitrogens with zero attached hydrogens (tertiary/aromatic N) is 2. The molecular weight excluding hydrogens is 496 g/mol. The zero-order valence-electron chi connectivity index (χ0n) is 24.0. The summed E-state index contributed by atoms with van der Waals surface area (Å²) >= 11 is 0. The SMILES string of the molecule is COC(=O)[C@]1(C)CN(C(=O)OCc2ccccc2)C[C@@H]1C.COC(=O)[C@]1(C)CN(Cc2ccccc2)C[C@@H]1C. The average Bonchev–Trinajstić information content (AvgIpc) is 3.42. The van der Waals surface area contributed by atoms with Crippen LogP contribution in [0.1, 0.15) is 38.8 Å². The lowest BCUT2D eigenvalue weighted by Gasteiger charge is -2.25. The van der Waals surface area contributed by atoms with E-state index in [9.17, 15) is 14.4 Å². The van der Waals surface area contributed by atoms with E-state index >= 15 is 0 Å². The minimum atomic E-state index is -0.666. The second-order valence-electron chi connectivity index (χ2n) is 11.2. The second kappa shape index (κ2) is 13.1. The smallest absolute Gasteiger partial charge is 0.410 e. The second-order valence-corrected chi connectivity index (χ2v) is 11.2. The van der Waals surface area contributed by atoms with Crippen molar-refractivity contribution in [3.8, 4) is 0 Å². The normalized spacial score (nSPS) is 26.4. The maximum absolute atomic E-state index is 12.1. The number of methoxy groups -OCH3 is 2. The molecule has 2 aliphatic heterocycles. The number of hydrogen-bond donors (Lipinski definition) is 0. The van der Waals surface area contributed by atoms with E-state index in [-0.39, 0.29) is 29.9 Å². The quantitative estimate of drug-likeness (QED) is 0.387. The van der Waals surface area contributed by atoms with Crippen LogP contribution in [0.25, 0.3) is 0 Å². The van der Waals surface area contributed by atoms with Crippen LogP contribution in [0.4, 0.5) is 4.79 Å². The van der Waals surface area contributed by atoms with Gasteiger partial charge in [-0.15, -0.1) is 0 Å². The highest BCUT2D eigenvalue weighted by Gasteiger charge is 2.49. The summed E-state index contributed by atoms with van der Waals surface area (Å²) in [4.78, 5) is 39.8. The van der Waals surface area contributed by atoms with E-state index in [1.807, 2.05) is 69.3 Å². The topological polar surface area (TPSA) is 85.4 Å². The Bertz CT molecular complexity index is 1110. The van der Waals surface area contributed by atoms with Gasteiger partial charge < -0.3 is 19.1 Å². The third kappa shape index (κ3) is 7.18. The Labute approximate surface area is 232 Å². The Hall–Kier alpha value is -3.39. The first-order valence-corrected chi connectivity index (χ1v) is 13.4. The molecule has 2 saturated heterocycles. The fourth-order valence-corrected chi connectivity index (χ4v) is 5.33. The first-order chi connectivity index (χ1) is 18.5. The standard InChI is InChI=1S/C16H21NO4.C15H21NO2/c1-12-9-17(11-16(12,2)14(18)20-3)15(19)21-10-13-7-5-4-6-8-13;1-12-9-16(10-13-7-5-4-6-8-13)11-15(12,2)14(17)18-3/h4-8,12H,9-11H2,1-3H3;4-8,12H,9-11H2,1-3H3/t12-,16+;12-,15+/m00/s1. The lowest BCUT2D eigenvalue weighted by atomic mass is 9.81. The molecule has 4 rings (SSSR count). The molecular formula is C31H42N2O6. The van der Waals surface area contributed by atoms with Crippen molar-refractivity contribution in [2.45, 2.75) is 40.8 Å². The van der Waals surface area contributed by atoms with Crippen LogP contribution in [0, 0.1) is 22.7 Å². The highest BCUT2D eigenvalue weighted by atomic mass is 16.6. The van der Waals surface area contributed by atoms with Crippen LogP contribution >= 0.6 is 0 Å². The summed E-state index contributed by atoms with van der Waals surface area (Å²) in [5, 5.41) is 0. The fourth-order valence-electron chi connectivity index (χ4n) is 5.33. The fraction of sp³-hybridized carbons (Fsp3) is 0.516. The van der Waals surface area contributed by atoms with Crippen molar-refractivity contribution in [1.29, 1.82) is 0 Å². The molecule has 0 aliphatic carbocycles. The minimum Gasteiger partial charge on any atom is -0.469 e. The summed E-state index contributed by atoms with van der Waals surface area (Å²) in [6.07, 6.45) is -0.390. The van der Waals surface area contributed by atoms with Crippen molar-refractivity contribution in [2.75, 3.05) is 40.4 Å². The Morgan fingerprint density at radius 2 is 1.26 bits per heavy atom. The molecule has 8 heteroatoms. The van der Waals surface area contributed by atoms with Gasteiger partial charge in [0.15, 0.2) is 0 Å². The Kier molecular flexibility index (Phi) is 10.1. The molecule has 39 heavy (non-hydrogen) atoms. The van der Waals surface area contributed by atoms with Crippen LogP contribution < -0.4 is 0 Å². The molecule has 2 aliphatic rings. The number of carbonyl (C=O) groups is 3. The highest BCUT2D eigenvalue weighted by molar-refractivity contribution is 5.79. The highest BCUT2D eigenvalue weighted by Crippen LogP contribution is 2.38. The minimum absolute atomic E-state index is 0.0363. The number of amides is 1. The summed E-state index contributed by atoms with van der Waals surface area (Å²) in [5.74, 6) is -0.0122. The van der Waals surface area contributed by atoms with Gasteiger partial charge in [-0.1, -0.05) is 74.5 Å². The van der Waals surface area contributed by atoms with Crippen LogP contribution in [-0.4, -0.2) is 68.2 Å². The number of hydrogen-bond acceptors (Lipinski definition) is 7. The average molecular weight is 539 g/mol. The van der Waals surface area contributed by atoms with Gasteiger partial charge in [-0.25, -0.2) is 4.79 Å². The molecule has 0 bridgehead atoms. The predicted octanol–water partition coefficient (Wildman–Crippen LogP) is 4.77. The number of ether oxygens (including phenoxy) is 3. The molecule has 2 aromatic rings. The molecule has 0 N–H and O–H groups in total. The van der Waals surface area contributed by atoms with Crippen molar-refractivity contribution in [3.05, 3.63) is 71.8 Å². The number of likely N-dealkylation sites (tertiary alicyclic amines) is 2. The van der Waals surface area contributed by atoms with Gasteiger partial charge in [0.2, 0.25) is 0 Å². The van der Waals surface area contributed by atoms with E-state index in [1.54, 1.807) is 4.90 Å². The predicted molar refractivity (Wildman–Crippen MR) is 148 cm³/mol. The first kappa shape index (κ1) is 30.2. The Balaban J connectivity index is 0.000000218. The van der Waals surface area contributed by atoms with Crippen LogP contribution in [0.3, 0.4) is 0 Å². The van der Waals surface area contributed by atoms with Crippen molar-refractivity contribution in [1.82, 2.24) is 9.80 Å². The number of carbonyl (C=O) groups excluding carboxylic acids is 3. The maximum Gasteiger partial charge on any atom is 0.410 e. The van der Waals surface area contributed by atoms with Crippen molar-refractivity contribution < 1.29 is 28.6 Å². The zero-order chi connectivity index (χ0) is 28.6. The molecule has 0 aromatic heterocycles. The van der Waals surface area contributed by atoms with Gasteiger partial charge >= 0.3 is 18.0 Å². The molecule has 2 aromatic carbocycles.